The lowest BCUT2D eigenvalue weighted by Crippen LogP contribution is -2.05. The minimum absolute atomic E-state index is 0.0471. The normalized spacial score (nSPS) is 10.5. The number of hydrogen-bond acceptors (Lipinski definition) is 5. The summed E-state index contributed by atoms with van der Waals surface area (Å²) in [4.78, 5) is 8.34. The highest BCUT2D eigenvalue weighted by Gasteiger charge is 2.14. The molecule has 0 saturated heterocycles. The number of halogens is 3. The molecule has 0 bridgehead atoms. The quantitative estimate of drug-likeness (QED) is 0.646. The van der Waals surface area contributed by atoms with Crippen LogP contribution >= 0.6 is 0 Å². The minimum atomic E-state index is -1.56. The van der Waals surface area contributed by atoms with Crippen LogP contribution in [0.15, 0.2) is 42.5 Å². The van der Waals surface area contributed by atoms with Gasteiger partial charge in [-0.1, -0.05) is 0 Å². The maximum absolute atomic E-state index is 13.8. The predicted molar refractivity (Wildman–Crippen MR) is 92.6 cm³/mol. The number of aromatic nitrogens is 2. The first-order valence-electron chi connectivity index (χ1n) is 7.63. The topological polar surface area (TPSA) is 59.1 Å². The fourth-order valence-electron chi connectivity index (χ4n) is 2.25. The van der Waals surface area contributed by atoms with Crippen molar-refractivity contribution in [1.29, 1.82) is 0 Å². The van der Waals surface area contributed by atoms with Gasteiger partial charge in [-0.25, -0.2) is 18.2 Å². The SMILES string of the molecule is COc1ccc(Nc2cc(C)nc(Nc3ccc(F)c(F)c3F)n2)cc1. The molecule has 2 aromatic carbocycles. The van der Waals surface area contributed by atoms with Crippen molar-refractivity contribution in [2.24, 2.45) is 0 Å². The predicted octanol–water partition coefficient (Wildman–Crippen LogP) is 4.70. The van der Waals surface area contributed by atoms with Crippen LogP contribution in [0.1, 0.15) is 5.69 Å². The van der Waals surface area contributed by atoms with Gasteiger partial charge in [0.15, 0.2) is 17.5 Å². The van der Waals surface area contributed by atoms with Gasteiger partial charge in [-0.15, -0.1) is 0 Å². The van der Waals surface area contributed by atoms with Crippen LogP contribution in [-0.4, -0.2) is 17.1 Å². The summed E-state index contributed by atoms with van der Waals surface area (Å²) in [5, 5.41) is 5.64. The summed E-state index contributed by atoms with van der Waals surface area (Å²) in [6.45, 7) is 1.73. The van der Waals surface area contributed by atoms with Gasteiger partial charge in [0.25, 0.3) is 0 Å². The Morgan fingerprint density at radius 3 is 2.31 bits per heavy atom. The maximum Gasteiger partial charge on any atom is 0.229 e. The van der Waals surface area contributed by atoms with Crippen molar-refractivity contribution >= 4 is 23.1 Å². The lowest BCUT2D eigenvalue weighted by Gasteiger charge is -2.11. The van der Waals surface area contributed by atoms with Crippen molar-refractivity contribution in [3.05, 3.63) is 65.6 Å². The van der Waals surface area contributed by atoms with Crippen molar-refractivity contribution in [2.75, 3.05) is 17.7 Å². The molecular weight excluding hydrogens is 345 g/mol. The van der Waals surface area contributed by atoms with Crippen molar-refractivity contribution < 1.29 is 17.9 Å². The number of anilines is 4. The molecule has 134 valence electrons. The zero-order valence-corrected chi connectivity index (χ0v) is 14.0. The minimum Gasteiger partial charge on any atom is -0.497 e. The van der Waals surface area contributed by atoms with Gasteiger partial charge in [0.05, 0.1) is 12.8 Å². The summed E-state index contributed by atoms with van der Waals surface area (Å²) in [7, 11) is 1.57. The molecule has 3 rings (SSSR count). The highest BCUT2D eigenvalue weighted by Crippen LogP contribution is 2.24. The molecule has 0 aliphatic carbocycles. The zero-order valence-electron chi connectivity index (χ0n) is 14.0. The Balaban J connectivity index is 1.84. The number of benzene rings is 2. The van der Waals surface area contributed by atoms with Crippen molar-refractivity contribution in [2.45, 2.75) is 6.92 Å². The smallest absolute Gasteiger partial charge is 0.229 e. The summed E-state index contributed by atoms with van der Waals surface area (Å²) in [5.41, 5.74) is 1.10. The van der Waals surface area contributed by atoms with E-state index in [9.17, 15) is 13.2 Å². The van der Waals surface area contributed by atoms with Gasteiger partial charge in [-0.2, -0.15) is 4.98 Å². The van der Waals surface area contributed by atoms with Crippen LogP contribution in [0.3, 0.4) is 0 Å². The lowest BCUT2D eigenvalue weighted by molar-refractivity contribution is 0.415. The van der Waals surface area contributed by atoms with E-state index in [1.807, 2.05) is 0 Å². The third-order valence-electron chi connectivity index (χ3n) is 3.50. The summed E-state index contributed by atoms with van der Waals surface area (Å²) in [6, 6.07) is 10.8. The molecule has 0 amide bonds. The first-order valence-corrected chi connectivity index (χ1v) is 7.63. The third-order valence-corrected chi connectivity index (χ3v) is 3.50. The van der Waals surface area contributed by atoms with E-state index in [1.54, 1.807) is 44.4 Å². The standard InChI is InChI=1S/C18H15F3N4O/c1-10-9-15(23-11-3-5-12(26-2)6-4-11)25-18(22-10)24-14-8-7-13(19)16(20)17(14)21/h3-9H,1-2H3,(H2,22,23,24,25). The number of nitrogens with zero attached hydrogens (tertiary/aromatic N) is 2. The first-order chi connectivity index (χ1) is 12.5. The molecule has 3 aromatic rings. The van der Waals surface area contributed by atoms with Crippen LogP contribution in [0.2, 0.25) is 0 Å². The Kier molecular flexibility index (Phi) is 4.92. The van der Waals surface area contributed by atoms with Crippen molar-refractivity contribution in [3.63, 3.8) is 0 Å². The molecular formula is C18H15F3N4O. The number of ether oxygens (including phenoxy) is 1. The van der Waals surface area contributed by atoms with E-state index >= 15 is 0 Å². The van der Waals surface area contributed by atoms with Crippen LogP contribution in [-0.2, 0) is 0 Å². The van der Waals surface area contributed by atoms with Gasteiger partial charge in [0.1, 0.15) is 11.6 Å². The molecule has 0 spiro atoms. The average Bonchev–Trinajstić information content (AvgIpc) is 2.62. The molecule has 1 aromatic heterocycles. The highest BCUT2D eigenvalue weighted by molar-refractivity contribution is 5.61. The monoisotopic (exact) mass is 360 g/mol. The van der Waals surface area contributed by atoms with E-state index in [0.717, 1.165) is 17.8 Å². The Morgan fingerprint density at radius 2 is 1.62 bits per heavy atom. The van der Waals surface area contributed by atoms with E-state index in [4.69, 9.17) is 4.74 Å². The summed E-state index contributed by atoms with van der Waals surface area (Å²) >= 11 is 0. The molecule has 0 saturated carbocycles. The van der Waals surface area contributed by atoms with E-state index < -0.39 is 17.5 Å². The zero-order chi connectivity index (χ0) is 18.7. The molecule has 2 N–H and O–H groups in total. The first kappa shape index (κ1) is 17.5. The summed E-state index contributed by atoms with van der Waals surface area (Å²) < 4.78 is 45.3. The maximum atomic E-state index is 13.8. The van der Waals surface area contributed by atoms with Crippen molar-refractivity contribution in [3.8, 4) is 5.75 Å². The van der Waals surface area contributed by atoms with Crippen LogP contribution in [0.5, 0.6) is 5.75 Å². The van der Waals surface area contributed by atoms with Crippen LogP contribution in [0, 0.1) is 24.4 Å². The van der Waals surface area contributed by atoms with Crippen LogP contribution in [0.4, 0.5) is 36.3 Å². The molecule has 5 nitrogen and oxygen atoms in total. The van der Waals surface area contributed by atoms with Gasteiger partial charge < -0.3 is 15.4 Å². The molecule has 0 unspecified atom stereocenters. The number of nitrogens with one attached hydrogen (secondary N) is 2. The second-order valence-corrected chi connectivity index (χ2v) is 5.42. The number of hydrogen-bond donors (Lipinski definition) is 2. The largest absolute Gasteiger partial charge is 0.497 e. The van der Waals surface area contributed by atoms with Gasteiger partial charge >= 0.3 is 0 Å². The Hall–Kier alpha value is -3.29. The average molecular weight is 360 g/mol. The number of rotatable bonds is 5. The second-order valence-electron chi connectivity index (χ2n) is 5.42. The van der Waals surface area contributed by atoms with Crippen molar-refractivity contribution in [1.82, 2.24) is 9.97 Å². The fourth-order valence-corrected chi connectivity index (χ4v) is 2.25. The number of aryl methyl sites for hydroxylation is 1. The molecule has 0 radical (unpaired) electrons. The molecule has 0 aliphatic rings. The third kappa shape index (κ3) is 3.85. The summed E-state index contributed by atoms with van der Waals surface area (Å²) in [6.07, 6.45) is 0. The molecule has 1 heterocycles. The Bertz CT molecular complexity index is 932. The van der Waals surface area contributed by atoms with Crippen LogP contribution < -0.4 is 15.4 Å². The van der Waals surface area contributed by atoms with Gasteiger partial charge in [0.2, 0.25) is 5.95 Å². The van der Waals surface area contributed by atoms with E-state index in [1.165, 1.54) is 0 Å². The van der Waals surface area contributed by atoms with E-state index in [2.05, 4.69) is 20.6 Å². The Labute approximate surface area is 147 Å². The highest BCUT2D eigenvalue weighted by atomic mass is 19.2. The molecule has 0 fully saturated rings. The van der Waals surface area contributed by atoms with Gasteiger partial charge in [-0.05, 0) is 43.3 Å². The Morgan fingerprint density at radius 1 is 0.885 bits per heavy atom. The van der Waals surface area contributed by atoms with Gasteiger partial charge in [-0.3, -0.25) is 0 Å². The van der Waals surface area contributed by atoms with E-state index in [-0.39, 0.29) is 11.6 Å². The van der Waals surface area contributed by atoms with Gasteiger partial charge in [0, 0.05) is 17.4 Å². The molecule has 0 aliphatic heterocycles. The summed E-state index contributed by atoms with van der Waals surface area (Å²) in [5.74, 6) is -2.94. The van der Waals surface area contributed by atoms with E-state index in [0.29, 0.717) is 17.3 Å². The molecule has 26 heavy (non-hydrogen) atoms. The fraction of sp³-hybridized carbons (Fsp3) is 0.111. The lowest BCUT2D eigenvalue weighted by atomic mass is 10.3. The number of methoxy groups -OCH3 is 1. The second kappa shape index (κ2) is 7.30. The molecule has 0 atom stereocenters. The molecule has 8 heteroatoms. The van der Waals surface area contributed by atoms with Crippen LogP contribution in [0.25, 0.3) is 0 Å².